The van der Waals surface area contributed by atoms with Crippen LogP contribution in [0.5, 0.6) is 11.5 Å². The van der Waals surface area contributed by atoms with Gasteiger partial charge in [-0.3, -0.25) is 9.59 Å². The normalized spacial score (nSPS) is 15.4. The highest BCUT2D eigenvalue weighted by atomic mass is 16.5. The highest BCUT2D eigenvalue weighted by Crippen LogP contribution is 2.40. The van der Waals surface area contributed by atoms with Crippen molar-refractivity contribution in [3.05, 3.63) is 69.6 Å². The largest absolute Gasteiger partial charge is 0.493 e. The minimum absolute atomic E-state index is 0.126. The molecule has 2 aromatic carbocycles. The van der Waals surface area contributed by atoms with Gasteiger partial charge in [0, 0.05) is 6.54 Å². The Morgan fingerprint density at radius 3 is 2.42 bits per heavy atom. The second kappa shape index (κ2) is 9.67. The number of methoxy groups -OCH3 is 2. The van der Waals surface area contributed by atoms with E-state index < -0.39 is 6.04 Å². The fourth-order valence-electron chi connectivity index (χ4n) is 4.57. The maximum atomic E-state index is 13.5. The number of carbonyl (C=O) groups is 1. The third kappa shape index (κ3) is 4.09. The smallest absolute Gasteiger partial charge is 0.290 e. The number of ether oxygens (including phenoxy) is 2. The molecule has 1 aliphatic heterocycles. The van der Waals surface area contributed by atoms with E-state index in [0.717, 1.165) is 31.6 Å². The van der Waals surface area contributed by atoms with Crippen molar-refractivity contribution in [3.63, 3.8) is 0 Å². The number of hydrogen-bond donors (Lipinski definition) is 0. The van der Waals surface area contributed by atoms with Gasteiger partial charge in [-0.1, -0.05) is 32.0 Å². The second-order valence-corrected chi connectivity index (χ2v) is 8.07. The first-order valence-corrected chi connectivity index (χ1v) is 11.3. The highest BCUT2D eigenvalue weighted by molar-refractivity contribution is 5.99. The van der Waals surface area contributed by atoms with Gasteiger partial charge in [0.2, 0.25) is 5.76 Å². The van der Waals surface area contributed by atoms with Gasteiger partial charge < -0.3 is 23.7 Å². The summed E-state index contributed by atoms with van der Waals surface area (Å²) in [4.78, 5) is 31.1. The van der Waals surface area contributed by atoms with Crippen LogP contribution in [0.4, 0.5) is 0 Å². The van der Waals surface area contributed by atoms with Crippen LogP contribution < -0.4 is 14.9 Å². The van der Waals surface area contributed by atoms with Gasteiger partial charge in [-0.2, -0.15) is 0 Å². The fraction of sp³-hybridized carbons (Fsp3) is 0.385. The quantitative estimate of drug-likeness (QED) is 0.489. The van der Waals surface area contributed by atoms with Crippen molar-refractivity contribution in [3.8, 4) is 11.5 Å². The van der Waals surface area contributed by atoms with Crippen molar-refractivity contribution in [2.45, 2.75) is 26.3 Å². The van der Waals surface area contributed by atoms with E-state index in [0.29, 0.717) is 34.6 Å². The number of nitrogens with zero attached hydrogens (tertiary/aromatic N) is 2. The Balaban J connectivity index is 1.82. The molecule has 1 atom stereocenters. The van der Waals surface area contributed by atoms with Gasteiger partial charge in [0.25, 0.3) is 5.91 Å². The molecule has 0 fully saturated rings. The van der Waals surface area contributed by atoms with Crippen LogP contribution >= 0.6 is 0 Å². The molecule has 33 heavy (non-hydrogen) atoms. The Morgan fingerprint density at radius 2 is 1.73 bits per heavy atom. The van der Waals surface area contributed by atoms with Gasteiger partial charge >= 0.3 is 0 Å². The number of benzene rings is 2. The summed E-state index contributed by atoms with van der Waals surface area (Å²) in [5, 5.41) is 0.472. The summed E-state index contributed by atoms with van der Waals surface area (Å²) in [6.45, 7) is 7.54. The van der Waals surface area contributed by atoms with Gasteiger partial charge in [-0.15, -0.1) is 0 Å². The van der Waals surface area contributed by atoms with E-state index in [-0.39, 0.29) is 17.1 Å². The van der Waals surface area contributed by atoms with E-state index >= 15 is 0 Å². The number of rotatable bonds is 9. The minimum atomic E-state index is -0.551. The van der Waals surface area contributed by atoms with Crippen LogP contribution in [0, 0.1) is 0 Å². The Bertz CT molecular complexity index is 1220. The second-order valence-electron chi connectivity index (χ2n) is 8.07. The molecule has 3 aromatic rings. The Kier molecular flexibility index (Phi) is 6.70. The molecule has 7 heteroatoms. The summed E-state index contributed by atoms with van der Waals surface area (Å²) in [7, 11) is 3.14. The van der Waals surface area contributed by atoms with Crippen LogP contribution in [0.1, 0.15) is 48.0 Å². The number of para-hydroxylation sites is 1. The van der Waals surface area contributed by atoms with Crippen molar-refractivity contribution in [1.82, 2.24) is 9.80 Å². The molecule has 0 saturated heterocycles. The van der Waals surface area contributed by atoms with Crippen LogP contribution in [0.2, 0.25) is 0 Å². The van der Waals surface area contributed by atoms with Crippen LogP contribution in [-0.4, -0.2) is 56.1 Å². The van der Waals surface area contributed by atoms with Crippen LogP contribution in [0.3, 0.4) is 0 Å². The van der Waals surface area contributed by atoms with Crippen LogP contribution in [0.15, 0.2) is 51.7 Å². The molecule has 174 valence electrons. The molecule has 0 spiro atoms. The van der Waals surface area contributed by atoms with Gasteiger partial charge in [0.05, 0.1) is 31.2 Å². The first kappa shape index (κ1) is 22.9. The van der Waals surface area contributed by atoms with Crippen molar-refractivity contribution < 1.29 is 18.7 Å². The van der Waals surface area contributed by atoms with Crippen molar-refractivity contribution in [1.29, 1.82) is 0 Å². The summed E-state index contributed by atoms with van der Waals surface area (Å²) in [6, 6.07) is 12.0. The monoisotopic (exact) mass is 450 g/mol. The average Bonchev–Trinajstić information content (AvgIpc) is 3.13. The summed E-state index contributed by atoms with van der Waals surface area (Å²) < 4.78 is 16.9. The minimum Gasteiger partial charge on any atom is -0.493 e. The topological polar surface area (TPSA) is 72.2 Å². The summed E-state index contributed by atoms with van der Waals surface area (Å²) in [5.74, 6) is 1.00. The van der Waals surface area contributed by atoms with E-state index in [1.807, 2.05) is 12.1 Å². The summed E-state index contributed by atoms with van der Waals surface area (Å²) in [6.07, 6.45) is 0.791. The van der Waals surface area contributed by atoms with Crippen LogP contribution in [-0.2, 0) is 0 Å². The molecule has 1 aliphatic rings. The third-order valence-corrected chi connectivity index (χ3v) is 6.36. The molecule has 2 heterocycles. The zero-order chi connectivity index (χ0) is 23.5. The van der Waals surface area contributed by atoms with Crippen molar-refractivity contribution in [2.75, 3.05) is 40.4 Å². The lowest BCUT2D eigenvalue weighted by atomic mass is 9.98. The van der Waals surface area contributed by atoms with E-state index in [2.05, 4.69) is 18.7 Å². The molecule has 1 amide bonds. The van der Waals surface area contributed by atoms with Gasteiger partial charge in [-0.05, 0) is 55.9 Å². The molecule has 7 nitrogen and oxygen atoms in total. The molecular weight excluding hydrogens is 420 g/mol. The number of amides is 1. The van der Waals surface area contributed by atoms with E-state index in [9.17, 15) is 9.59 Å². The molecule has 0 bridgehead atoms. The maximum Gasteiger partial charge on any atom is 0.290 e. The predicted octanol–water partition coefficient (Wildman–Crippen LogP) is 4.09. The van der Waals surface area contributed by atoms with Crippen molar-refractivity contribution in [2.24, 2.45) is 0 Å². The first-order chi connectivity index (χ1) is 16.0. The van der Waals surface area contributed by atoms with E-state index in [1.54, 1.807) is 49.5 Å². The first-order valence-electron chi connectivity index (χ1n) is 11.3. The molecule has 0 aliphatic carbocycles. The lowest BCUT2D eigenvalue weighted by molar-refractivity contribution is 0.0720. The predicted molar refractivity (Wildman–Crippen MR) is 127 cm³/mol. The standard InChI is InChI=1S/C26H30N2O5/c1-5-27(6-2)14-9-15-28-23(17-12-13-20(31-3)21(16-17)32-4)22-24(29)18-10-7-8-11-19(18)33-25(22)26(28)30/h7-8,10-13,16,23H,5-6,9,14-15H2,1-4H3. The third-order valence-electron chi connectivity index (χ3n) is 6.36. The van der Waals surface area contributed by atoms with E-state index in [1.165, 1.54) is 0 Å². The summed E-state index contributed by atoms with van der Waals surface area (Å²) >= 11 is 0. The molecular formula is C26H30N2O5. The summed E-state index contributed by atoms with van der Waals surface area (Å²) in [5.41, 5.74) is 1.41. The zero-order valence-electron chi connectivity index (χ0n) is 19.6. The van der Waals surface area contributed by atoms with E-state index in [4.69, 9.17) is 13.9 Å². The molecule has 4 rings (SSSR count). The number of carbonyl (C=O) groups excluding carboxylic acids is 1. The van der Waals surface area contributed by atoms with Gasteiger partial charge in [-0.25, -0.2) is 0 Å². The average molecular weight is 451 g/mol. The lowest BCUT2D eigenvalue weighted by Gasteiger charge is -2.27. The lowest BCUT2D eigenvalue weighted by Crippen LogP contribution is -2.33. The van der Waals surface area contributed by atoms with Crippen molar-refractivity contribution >= 4 is 16.9 Å². The molecule has 0 N–H and O–H groups in total. The fourth-order valence-corrected chi connectivity index (χ4v) is 4.57. The van der Waals surface area contributed by atoms with Crippen LogP contribution in [0.25, 0.3) is 11.0 Å². The maximum absolute atomic E-state index is 13.5. The van der Waals surface area contributed by atoms with Gasteiger partial charge in [0.15, 0.2) is 16.9 Å². The molecule has 1 aromatic heterocycles. The number of hydrogen-bond acceptors (Lipinski definition) is 6. The Labute approximate surface area is 193 Å². The zero-order valence-corrected chi connectivity index (χ0v) is 19.6. The highest BCUT2D eigenvalue weighted by Gasteiger charge is 2.42. The molecule has 1 unspecified atom stereocenters. The Hall–Kier alpha value is -3.32. The number of fused-ring (bicyclic) bond motifs is 2. The molecule has 0 saturated carbocycles. The molecule has 0 radical (unpaired) electrons. The SMILES string of the molecule is CCN(CC)CCCN1C(=O)c2oc3ccccc3c(=O)c2C1c1ccc(OC)c(OC)c1. The van der Waals surface area contributed by atoms with Gasteiger partial charge in [0.1, 0.15) is 5.58 Å². The Morgan fingerprint density at radius 1 is 1.00 bits per heavy atom.